The van der Waals surface area contributed by atoms with Crippen LogP contribution >= 0.6 is 11.8 Å². The van der Waals surface area contributed by atoms with Crippen LogP contribution in [0.3, 0.4) is 0 Å². The van der Waals surface area contributed by atoms with Crippen LogP contribution in [0.25, 0.3) is 10.9 Å². The van der Waals surface area contributed by atoms with Crippen molar-refractivity contribution in [3.63, 3.8) is 0 Å². The van der Waals surface area contributed by atoms with Gasteiger partial charge in [-0.15, -0.1) is 0 Å². The molecule has 252 valence electrons. The number of nitrogens with one attached hydrogen (secondary N) is 5. The first-order valence-electron chi connectivity index (χ1n) is 16.9. The van der Waals surface area contributed by atoms with E-state index < -0.39 is 12.1 Å². The third kappa shape index (κ3) is 7.67. The number of para-hydroxylation sites is 1. The summed E-state index contributed by atoms with van der Waals surface area (Å²) >= 11 is 1.90. The zero-order valence-electron chi connectivity index (χ0n) is 27.3. The minimum Gasteiger partial charge on any atom is -0.468 e. The van der Waals surface area contributed by atoms with Gasteiger partial charge >= 0.3 is 12.0 Å². The van der Waals surface area contributed by atoms with Gasteiger partial charge in [0.05, 0.1) is 25.2 Å². The third-order valence-corrected chi connectivity index (χ3v) is 11.2. The van der Waals surface area contributed by atoms with Gasteiger partial charge in [-0.3, -0.25) is 14.4 Å². The Bertz CT molecular complexity index is 1630. The molecule has 3 aliphatic rings. The monoisotopic (exact) mass is 670 g/mol. The number of aromatic amines is 1. The van der Waals surface area contributed by atoms with Gasteiger partial charge in [0.25, 0.3) is 0 Å². The number of hydrogen-bond acceptors (Lipinski definition) is 7. The van der Waals surface area contributed by atoms with Crippen molar-refractivity contribution in [1.29, 1.82) is 0 Å². The molecule has 5 unspecified atom stereocenters. The van der Waals surface area contributed by atoms with E-state index in [0.29, 0.717) is 36.7 Å². The summed E-state index contributed by atoms with van der Waals surface area (Å²) in [6.45, 7) is 0.607. The third-order valence-electron chi connectivity index (χ3n) is 9.64. The van der Waals surface area contributed by atoms with Crippen LogP contribution in [-0.4, -0.2) is 84.4 Å². The normalized spacial score (nSPS) is 23.2. The molecule has 1 aromatic heterocycles. The van der Waals surface area contributed by atoms with E-state index in [4.69, 9.17) is 12.7 Å². The van der Waals surface area contributed by atoms with Crippen LogP contribution in [0.4, 0.5) is 10.5 Å². The Labute approximate surface area is 286 Å². The van der Waals surface area contributed by atoms with Crippen LogP contribution in [0.1, 0.15) is 74.2 Å². The van der Waals surface area contributed by atoms with E-state index in [2.05, 4.69) is 26.3 Å². The van der Waals surface area contributed by atoms with Crippen molar-refractivity contribution < 1.29 is 23.9 Å². The fraction of sp³-hybridized carbons (Fsp3) is 0.486. The number of methoxy groups -OCH3 is 1. The lowest BCUT2D eigenvalue weighted by atomic mass is 9.85. The summed E-state index contributed by atoms with van der Waals surface area (Å²) in [5.74, 6) is 0.574. The van der Waals surface area contributed by atoms with Gasteiger partial charge < -0.3 is 35.8 Å². The smallest absolute Gasteiger partial charge is 0.322 e. The Kier molecular flexibility index (Phi) is 11.0. The summed E-state index contributed by atoms with van der Waals surface area (Å²) in [4.78, 5) is 54.1. The lowest BCUT2D eigenvalue weighted by molar-refractivity contribution is -0.145. The summed E-state index contributed by atoms with van der Waals surface area (Å²) in [6, 6.07) is 14.9. The Morgan fingerprint density at radius 1 is 0.979 bits per heavy atom. The van der Waals surface area contributed by atoms with E-state index in [0.717, 1.165) is 72.0 Å². The molecular formula is C35H43BN6O5S. The molecule has 0 aliphatic carbocycles. The Morgan fingerprint density at radius 2 is 1.75 bits per heavy atom. The average Bonchev–Trinajstić information content (AvgIpc) is 3.76. The van der Waals surface area contributed by atoms with Crippen molar-refractivity contribution in [1.82, 2.24) is 25.7 Å². The molecular weight excluding hydrogens is 627 g/mol. The molecule has 4 heterocycles. The number of amides is 4. The van der Waals surface area contributed by atoms with Gasteiger partial charge in [0, 0.05) is 59.1 Å². The number of aromatic nitrogens is 1. The Morgan fingerprint density at radius 3 is 2.56 bits per heavy atom. The van der Waals surface area contributed by atoms with Gasteiger partial charge in [-0.2, -0.15) is 11.8 Å². The van der Waals surface area contributed by atoms with Crippen LogP contribution in [-0.2, 0) is 25.5 Å². The van der Waals surface area contributed by atoms with Gasteiger partial charge in [-0.05, 0) is 55.0 Å². The van der Waals surface area contributed by atoms with Crippen LogP contribution in [0, 0.1) is 0 Å². The fourth-order valence-electron chi connectivity index (χ4n) is 7.13. The number of H-pyrrole nitrogens is 1. The molecule has 6 rings (SSSR count). The summed E-state index contributed by atoms with van der Waals surface area (Å²) < 4.78 is 5.07. The van der Waals surface area contributed by atoms with E-state index in [9.17, 15) is 19.2 Å². The Hall–Kier alpha value is -3.97. The number of anilines is 1. The molecule has 0 bridgehead atoms. The molecule has 2 aromatic carbocycles. The molecule has 3 aliphatic heterocycles. The highest BCUT2D eigenvalue weighted by molar-refractivity contribution is 8.00. The predicted molar refractivity (Wildman–Crippen MR) is 188 cm³/mol. The van der Waals surface area contributed by atoms with Crippen molar-refractivity contribution >= 4 is 60.1 Å². The molecule has 0 saturated carbocycles. The maximum Gasteiger partial charge on any atom is 0.322 e. The number of carbonyl (C=O) groups excluding carboxylic acids is 4. The molecule has 2 saturated heterocycles. The number of benzene rings is 2. The summed E-state index contributed by atoms with van der Waals surface area (Å²) in [5, 5.41) is 13.4. The minimum atomic E-state index is -0.629. The predicted octanol–water partition coefficient (Wildman–Crippen LogP) is 4.08. The summed E-state index contributed by atoms with van der Waals surface area (Å²) in [7, 11) is 7.94. The van der Waals surface area contributed by atoms with E-state index in [1.54, 1.807) is 4.81 Å². The van der Waals surface area contributed by atoms with E-state index in [-0.39, 0.29) is 35.9 Å². The van der Waals surface area contributed by atoms with Crippen molar-refractivity contribution in [2.75, 3.05) is 24.7 Å². The number of carbonyl (C=O) groups is 4. The second-order valence-corrected chi connectivity index (χ2v) is 14.1. The Balaban J connectivity index is 0.899. The molecule has 13 heteroatoms. The lowest BCUT2D eigenvalue weighted by Gasteiger charge is -2.39. The molecule has 5 atom stereocenters. The van der Waals surface area contributed by atoms with Gasteiger partial charge in [0.2, 0.25) is 11.8 Å². The molecule has 5 N–H and O–H groups in total. The van der Waals surface area contributed by atoms with Crippen molar-refractivity contribution in [2.24, 2.45) is 0 Å². The van der Waals surface area contributed by atoms with Gasteiger partial charge in [0.1, 0.15) is 6.04 Å². The maximum atomic E-state index is 12.7. The van der Waals surface area contributed by atoms with E-state index in [1.165, 1.54) is 7.11 Å². The molecule has 4 amide bonds. The van der Waals surface area contributed by atoms with E-state index in [1.807, 2.05) is 60.3 Å². The van der Waals surface area contributed by atoms with Crippen LogP contribution in [0.2, 0.25) is 0 Å². The van der Waals surface area contributed by atoms with Crippen molar-refractivity contribution in [3.8, 4) is 0 Å². The number of nitrogens with zero attached hydrogens (tertiary/aromatic N) is 1. The number of urea groups is 1. The zero-order valence-corrected chi connectivity index (χ0v) is 28.1. The van der Waals surface area contributed by atoms with Crippen molar-refractivity contribution in [2.45, 2.75) is 87.2 Å². The highest BCUT2D eigenvalue weighted by Gasteiger charge is 2.42. The minimum absolute atomic E-state index is 0.0618. The second-order valence-electron chi connectivity index (χ2n) is 12.9. The SMILES string of the molecule is [B]N1C(C(=O)OC)Cc2c([nH]c3ccccc23)C1c1ccc(NC(=O)CCCCCNC(=O)CCCCC2SCC3NC(=O)NC32)cc1. The number of esters is 1. The number of fused-ring (bicyclic) bond motifs is 4. The topological polar surface area (TPSA) is 145 Å². The molecule has 3 aromatic rings. The highest BCUT2D eigenvalue weighted by Crippen LogP contribution is 2.40. The first kappa shape index (κ1) is 33.9. The van der Waals surface area contributed by atoms with Crippen LogP contribution < -0.4 is 21.3 Å². The van der Waals surface area contributed by atoms with Crippen LogP contribution in [0.5, 0.6) is 0 Å². The number of ether oxygens (including phenoxy) is 1. The number of unbranched alkanes of at least 4 members (excludes halogenated alkanes) is 3. The second kappa shape index (κ2) is 15.5. The van der Waals surface area contributed by atoms with Crippen molar-refractivity contribution in [3.05, 3.63) is 65.4 Å². The van der Waals surface area contributed by atoms with Crippen LogP contribution in [0.15, 0.2) is 48.5 Å². The summed E-state index contributed by atoms with van der Waals surface area (Å²) in [5.41, 5.74) is 4.56. The molecule has 48 heavy (non-hydrogen) atoms. The number of rotatable bonds is 14. The van der Waals surface area contributed by atoms with Gasteiger partial charge in [-0.1, -0.05) is 43.2 Å². The highest BCUT2D eigenvalue weighted by atomic mass is 32.2. The maximum absolute atomic E-state index is 12.7. The zero-order chi connectivity index (χ0) is 33.6. The van der Waals surface area contributed by atoms with Gasteiger partial charge in [0.15, 0.2) is 7.98 Å². The molecule has 2 fully saturated rings. The molecule has 0 spiro atoms. The number of thioether (sulfide) groups is 1. The average molecular weight is 671 g/mol. The van der Waals surface area contributed by atoms with Gasteiger partial charge in [-0.25, -0.2) is 4.79 Å². The summed E-state index contributed by atoms with van der Waals surface area (Å²) in [6.07, 6.45) is 6.56. The molecule has 2 radical (unpaired) electrons. The quantitative estimate of drug-likeness (QED) is 0.0753. The number of hydrogen-bond donors (Lipinski definition) is 5. The molecule has 11 nitrogen and oxygen atoms in total. The first-order valence-corrected chi connectivity index (χ1v) is 17.9. The first-order chi connectivity index (χ1) is 23.3. The fourth-order valence-corrected chi connectivity index (χ4v) is 8.68. The largest absolute Gasteiger partial charge is 0.468 e. The lowest BCUT2D eigenvalue weighted by Crippen LogP contribution is -2.47. The standard InChI is InChI=1S/C35H43BN6O5S/c1-47-34(45)27-19-24-23-9-4-5-10-25(23)39-31(24)33(42(27)36)21-14-16-22(17-15-21)38-30(44)13-3-2-8-18-37-29(43)12-7-6-11-28-32-26(20-48-28)40-35(46)41-32/h4-5,9-10,14-17,26-28,32-33,39H,2-3,6-8,11-13,18-20H2,1H3,(H,37,43)(H,38,44)(H2,40,41,46). The van der Waals surface area contributed by atoms with E-state index >= 15 is 0 Å².